The van der Waals surface area contributed by atoms with Gasteiger partial charge in [0, 0.05) is 34.1 Å². The molecular weight excluding hydrogens is 392 g/mol. The molecule has 0 fully saturated rings. The van der Waals surface area contributed by atoms with Crippen LogP contribution in [0.5, 0.6) is 0 Å². The molecule has 7 nitrogen and oxygen atoms in total. The maximum absolute atomic E-state index is 12.5. The third kappa shape index (κ3) is 3.95. The van der Waals surface area contributed by atoms with Gasteiger partial charge in [-0.2, -0.15) is 4.99 Å². The number of fused-ring (bicyclic) bond motifs is 1. The Hall–Kier alpha value is -3.71. The number of nitrogens with one attached hydrogen (secondary N) is 1. The van der Waals surface area contributed by atoms with Gasteiger partial charge in [-0.1, -0.05) is 41.9 Å². The van der Waals surface area contributed by atoms with E-state index in [4.69, 9.17) is 11.6 Å². The molecule has 2 amide bonds. The zero-order chi connectivity index (χ0) is 20.4. The van der Waals surface area contributed by atoms with Crippen molar-refractivity contribution >= 4 is 40.5 Å². The molecule has 1 N–H and O–H groups in total. The molecule has 0 saturated heterocycles. The monoisotopic (exact) mass is 406 g/mol. The number of non-ortho nitro benzene ring substituents is 1. The molecule has 29 heavy (non-hydrogen) atoms. The summed E-state index contributed by atoms with van der Waals surface area (Å²) in [6.45, 7) is 0.463. The van der Waals surface area contributed by atoms with E-state index in [1.807, 2.05) is 24.3 Å². The van der Waals surface area contributed by atoms with Crippen molar-refractivity contribution in [1.82, 2.24) is 0 Å². The number of rotatable bonds is 3. The molecule has 0 radical (unpaired) electrons. The Bertz CT molecular complexity index is 1130. The van der Waals surface area contributed by atoms with E-state index in [1.165, 1.54) is 12.1 Å². The summed E-state index contributed by atoms with van der Waals surface area (Å²) in [4.78, 5) is 29.3. The first-order chi connectivity index (χ1) is 14.0. The number of amidine groups is 1. The average Bonchev–Trinajstić information content (AvgIpc) is 3.08. The first-order valence-electron chi connectivity index (χ1n) is 8.77. The second kappa shape index (κ2) is 7.73. The van der Waals surface area contributed by atoms with E-state index in [9.17, 15) is 14.9 Å². The van der Waals surface area contributed by atoms with E-state index in [0.717, 1.165) is 11.1 Å². The van der Waals surface area contributed by atoms with Crippen LogP contribution >= 0.6 is 11.6 Å². The summed E-state index contributed by atoms with van der Waals surface area (Å²) in [6, 6.07) is 20.0. The number of aliphatic imine (C=N–C) groups is 1. The van der Waals surface area contributed by atoms with E-state index >= 15 is 0 Å². The minimum absolute atomic E-state index is 0.0246. The number of nitro benzene ring substituents is 1. The van der Waals surface area contributed by atoms with Crippen molar-refractivity contribution in [2.75, 3.05) is 10.2 Å². The smallest absolute Gasteiger partial charge is 0.321 e. The quantitative estimate of drug-likeness (QED) is 0.475. The Morgan fingerprint density at radius 1 is 1.07 bits per heavy atom. The van der Waals surface area contributed by atoms with Gasteiger partial charge in [-0.05, 0) is 35.9 Å². The van der Waals surface area contributed by atoms with E-state index in [2.05, 4.69) is 10.3 Å². The number of nitro groups is 1. The topological polar surface area (TPSA) is 87.8 Å². The Morgan fingerprint density at radius 3 is 2.59 bits per heavy atom. The van der Waals surface area contributed by atoms with Crippen molar-refractivity contribution in [2.45, 2.75) is 6.54 Å². The first-order valence-corrected chi connectivity index (χ1v) is 9.14. The molecule has 4 rings (SSSR count). The number of halogens is 1. The zero-order valence-electron chi connectivity index (χ0n) is 15.1. The lowest BCUT2D eigenvalue weighted by molar-refractivity contribution is -0.384. The van der Waals surface area contributed by atoms with Crippen molar-refractivity contribution in [1.29, 1.82) is 0 Å². The molecule has 0 spiro atoms. The largest absolute Gasteiger partial charge is 0.347 e. The fourth-order valence-electron chi connectivity index (χ4n) is 3.16. The Labute approximate surface area is 171 Å². The number of urea groups is 1. The molecule has 0 aliphatic carbocycles. The lowest BCUT2D eigenvalue weighted by Crippen LogP contribution is -2.26. The second-order valence-corrected chi connectivity index (χ2v) is 6.83. The van der Waals surface area contributed by atoms with Gasteiger partial charge < -0.3 is 10.2 Å². The molecule has 3 aromatic carbocycles. The number of amides is 2. The summed E-state index contributed by atoms with van der Waals surface area (Å²) < 4.78 is 0. The summed E-state index contributed by atoms with van der Waals surface area (Å²) in [6.07, 6.45) is 0. The van der Waals surface area contributed by atoms with Crippen LogP contribution in [0.15, 0.2) is 77.8 Å². The predicted octanol–water partition coefficient (Wildman–Crippen LogP) is 5.25. The Morgan fingerprint density at radius 2 is 1.83 bits per heavy atom. The molecule has 144 valence electrons. The molecule has 1 aliphatic rings. The van der Waals surface area contributed by atoms with Gasteiger partial charge in [0.2, 0.25) is 0 Å². The lowest BCUT2D eigenvalue weighted by Gasteiger charge is -2.19. The number of anilines is 2. The molecular formula is C21H15ClN4O3. The molecule has 3 aromatic rings. The summed E-state index contributed by atoms with van der Waals surface area (Å²) in [5, 5.41) is 14.4. The maximum atomic E-state index is 12.5. The highest BCUT2D eigenvalue weighted by atomic mass is 35.5. The molecule has 0 aromatic heterocycles. The van der Waals surface area contributed by atoms with Gasteiger partial charge in [0.25, 0.3) is 5.69 Å². The molecule has 0 unspecified atom stereocenters. The normalized spacial score (nSPS) is 14.0. The molecule has 1 aliphatic heterocycles. The second-order valence-electron chi connectivity index (χ2n) is 6.39. The molecule has 0 saturated carbocycles. The highest BCUT2D eigenvalue weighted by Crippen LogP contribution is 2.31. The SMILES string of the molecule is O=C(N=C1c2ccccc2CN1c1cccc([N+](=O)[O-])c1)Nc1ccc(Cl)cc1. The van der Waals surface area contributed by atoms with Gasteiger partial charge in [0.05, 0.1) is 11.5 Å². The fourth-order valence-corrected chi connectivity index (χ4v) is 3.28. The van der Waals surface area contributed by atoms with Crippen molar-refractivity contribution < 1.29 is 9.72 Å². The van der Waals surface area contributed by atoms with Crippen molar-refractivity contribution in [2.24, 2.45) is 4.99 Å². The molecule has 1 heterocycles. The van der Waals surface area contributed by atoms with E-state index in [0.29, 0.717) is 28.8 Å². The number of nitrogens with zero attached hydrogens (tertiary/aromatic N) is 3. The van der Waals surface area contributed by atoms with Crippen LogP contribution in [0.3, 0.4) is 0 Å². The standard InChI is InChI=1S/C21H15ClN4O3/c22-15-8-10-16(11-9-15)23-21(27)24-20-19-7-2-1-4-14(19)13-25(20)17-5-3-6-18(12-17)26(28)29/h1-12H,13H2,(H,23,27). The number of hydrogen-bond acceptors (Lipinski definition) is 3. The van der Waals surface area contributed by atoms with Gasteiger partial charge >= 0.3 is 6.03 Å². The lowest BCUT2D eigenvalue weighted by atomic mass is 10.1. The van der Waals surface area contributed by atoms with Crippen LogP contribution in [-0.2, 0) is 6.54 Å². The number of benzene rings is 3. The van der Waals surface area contributed by atoms with Crippen LogP contribution in [0.2, 0.25) is 5.02 Å². The van der Waals surface area contributed by atoms with Crippen LogP contribution in [-0.4, -0.2) is 16.8 Å². The van der Waals surface area contributed by atoms with Crippen molar-refractivity contribution in [3.63, 3.8) is 0 Å². The fraction of sp³-hybridized carbons (Fsp3) is 0.0476. The van der Waals surface area contributed by atoms with Gasteiger partial charge in [-0.15, -0.1) is 0 Å². The van der Waals surface area contributed by atoms with Gasteiger partial charge in [-0.25, -0.2) is 4.79 Å². The molecule has 8 heteroatoms. The van der Waals surface area contributed by atoms with Gasteiger partial charge in [0.1, 0.15) is 5.84 Å². The number of carbonyl (C=O) groups excluding carboxylic acids is 1. The van der Waals surface area contributed by atoms with Crippen molar-refractivity contribution in [3.8, 4) is 0 Å². The summed E-state index contributed by atoms with van der Waals surface area (Å²) >= 11 is 5.87. The average molecular weight is 407 g/mol. The number of carbonyl (C=O) groups is 1. The Balaban J connectivity index is 1.69. The predicted molar refractivity (Wildman–Crippen MR) is 113 cm³/mol. The van der Waals surface area contributed by atoms with Crippen LogP contribution in [0.25, 0.3) is 0 Å². The van der Waals surface area contributed by atoms with E-state index < -0.39 is 11.0 Å². The highest BCUT2D eigenvalue weighted by molar-refractivity contribution is 6.30. The molecule has 0 atom stereocenters. The van der Waals surface area contributed by atoms with Crippen LogP contribution in [0.4, 0.5) is 21.9 Å². The van der Waals surface area contributed by atoms with E-state index in [1.54, 1.807) is 41.3 Å². The van der Waals surface area contributed by atoms with E-state index in [-0.39, 0.29) is 5.69 Å². The van der Waals surface area contributed by atoms with Gasteiger partial charge in [-0.3, -0.25) is 10.1 Å². The number of hydrogen-bond donors (Lipinski definition) is 1. The molecule has 0 bridgehead atoms. The highest BCUT2D eigenvalue weighted by Gasteiger charge is 2.28. The summed E-state index contributed by atoms with van der Waals surface area (Å²) in [5.41, 5.74) is 2.93. The third-order valence-corrected chi connectivity index (χ3v) is 4.75. The minimum atomic E-state index is -0.547. The van der Waals surface area contributed by atoms with Crippen LogP contribution in [0, 0.1) is 10.1 Å². The first kappa shape index (κ1) is 18.6. The third-order valence-electron chi connectivity index (χ3n) is 4.50. The maximum Gasteiger partial charge on any atom is 0.347 e. The summed E-state index contributed by atoms with van der Waals surface area (Å²) in [5.74, 6) is 0.438. The summed E-state index contributed by atoms with van der Waals surface area (Å²) in [7, 11) is 0. The minimum Gasteiger partial charge on any atom is -0.321 e. The van der Waals surface area contributed by atoms with Crippen LogP contribution < -0.4 is 10.2 Å². The van der Waals surface area contributed by atoms with Crippen LogP contribution in [0.1, 0.15) is 11.1 Å². The Kier molecular flexibility index (Phi) is 4.97. The zero-order valence-corrected chi connectivity index (χ0v) is 15.8. The van der Waals surface area contributed by atoms with Gasteiger partial charge in [0.15, 0.2) is 0 Å². The van der Waals surface area contributed by atoms with Crippen molar-refractivity contribution in [3.05, 3.63) is 99.1 Å².